The van der Waals surface area contributed by atoms with Crippen LogP contribution in [0.5, 0.6) is 0 Å². The van der Waals surface area contributed by atoms with E-state index in [1.54, 1.807) is 18.2 Å². The van der Waals surface area contributed by atoms with Gasteiger partial charge in [0.1, 0.15) is 0 Å². The molecule has 0 saturated heterocycles. The van der Waals surface area contributed by atoms with Crippen LogP contribution in [0.2, 0.25) is 0 Å². The number of sulfonamides is 1. The minimum absolute atomic E-state index is 0.249. The van der Waals surface area contributed by atoms with Gasteiger partial charge in [0.05, 0.1) is 11.0 Å². The van der Waals surface area contributed by atoms with Crippen LogP contribution in [0.15, 0.2) is 47.4 Å². The van der Waals surface area contributed by atoms with Crippen LogP contribution < -0.4 is 4.72 Å². The molecular weight excluding hydrogens is 286 g/mol. The predicted octanol–water partition coefficient (Wildman–Crippen LogP) is 2.42. The van der Waals surface area contributed by atoms with E-state index in [1.807, 2.05) is 24.3 Å². The lowest BCUT2D eigenvalue weighted by Crippen LogP contribution is -2.44. The van der Waals surface area contributed by atoms with E-state index < -0.39 is 16.1 Å². The Morgan fingerprint density at radius 2 is 1.71 bits per heavy atom. The maximum Gasteiger partial charge on any atom is 0.240 e. The van der Waals surface area contributed by atoms with Crippen molar-refractivity contribution in [1.29, 1.82) is 0 Å². The van der Waals surface area contributed by atoms with Crippen LogP contribution >= 0.6 is 0 Å². The molecule has 21 heavy (non-hydrogen) atoms. The second-order valence-electron chi connectivity index (χ2n) is 5.59. The molecule has 2 N–H and O–H groups in total. The maximum absolute atomic E-state index is 12.5. The number of rotatable bonds is 3. The molecule has 112 valence electrons. The van der Waals surface area contributed by atoms with Gasteiger partial charge in [-0.15, -0.1) is 0 Å². The Hall–Kier alpha value is -1.43. The van der Waals surface area contributed by atoms with Crippen molar-refractivity contribution >= 4 is 20.8 Å². The van der Waals surface area contributed by atoms with Gasteiger partial charge in [0.25, 0.3) is 0 Å². The zero-order valence-corrected chi connectivity index (χ0v) is 12.5. The Bertz CT molecular complexity index is 742. The molecule has 1 aliphatic carbocycles. The van der Waals surface area contributed by atoms with Gasteiger partial charge < -0.3 is 5.11 Å². The van der Waals surface area contributed by atoms with Crippen LogP contribution in [0.25, 0.3) is 10.8 Å². The minimum Gasteiger partial charge on any atom is -0.391 e. The summed E-state index contributed by atoms with van der Waals surface area (Å²) in [5.41, 5.74) is 0. The zero-order chi connectivity index (χ0) is 14.9. The van der Waals surface area contributed by atoms with E-state index in [2.05, 4.69) is 4.72 Å². The molecule has 5 heteroatoms. The monoisotopic (exact) mass is 305 g/mol. The number of nitrogens with one attached hydrogen (secondary N) is 1. The first kappa shape index (κ1) is 14.5. The summed E-state index contributed by atoms with van der Waals surface area (Å²) in [5, 5.41) is 11.8. The molecule has 0 spiro atoms. The maximum atomic E-state index is 12.5. The number of fused-ring (bicyclic) bond motifs is 1. The fraction of sp³-hybridized carbons (Fsp3) is 0.375. The molecule has 0 aromatic heterocycles. The van der Waals surface area contributed by atoms with Crippen molar-refractivity contribution in [3.8, 4) is 0 Å². The molecule has 4 nitrogen and oxygen atoms in total. The van der Waals surface area contributed by atoms with E-state index in [9.17, 15) is 13.5 Å². The van der Waals surface area contributed by atoms with Crippen molar-refractivity contribution in [3.05, 3.63) is 42.5 Å². The third-order valence-corrected chi connectivity index (χ3v) is 5.55. The number of aliphatic hydroxyl groups is 1. The van der Waals surface area contributed by atoms with E-state index >= 15 is 0 Å². The SMILES string of the molecule is O=S(=O)(N[C@H]1CCCC[C@@H]1O)c1ccc2ccccc2c1. The standard InChI is InChI=1S/C16H19NO3S/c18-16-8-4-3-7-15(16)17-21(19,20)14-10-9-12-5-1-2-6-13(12)11-14/h1-2,5-6,9-11,15-18H,3-4,7-8H2/t15-,16-/m0/s1. The normalized spacial score (nSPS) is 23.3. The van der Waals surface area contributed by atoms with Gasteiger partial charge in [-0.1, -0.05) is 43.2 Å². The molecule has 0 aliphatic heterocycles. The van der Waals surface area contributed by atoms with Crippen LogP contribution in [-0.4, -0.2) is 25.7 Å². The molecule has 2 atom stereocenters. The molecule has 1 saturated carbocycles. The molecule has 1 aliphatic rings. The van der Waals surface area contributed by atoms with Gasteiger partial charge in [-0.05, 0) is 35.7 Å². The predicted molar refractivity (Wildman–Crippen MR) is 82.5 cm³/mol. The first-order valence-electron chi connectivity index (χ1n) is 7.25. The molecule has 0 unspecified atom stereocenters. The minimum atomic E-state index is -3.59. The highest BCUT2D eigenvalue weighted by atomic mass is 32.2. The molecule has 0 bridgehead atoms. The van der Waals surface area contributed by atoms with Gasteiger partial charge in [-0.2, -0.15) is 0 Å². The average Bonchev–Trinajstić information content (AvgIpc) is 2.49. The molecule has 0 radical (unpaired) electrons. The lowest BCUT2D eigenvalue weighted by atomic mass is 9.93. The summed E-state index contributed by atoms with van der Waals surface area (Å²) in [6.07, 6.45) is 2.66. The Balaban J connectivity index is 1.88. The molecule has 2 aromatic rings. The Morgan fingerprint density at radius 3 is 2.48 bits per heavy atom. The zero-order valence-electron chi connectivity index (χ0n) is 11.7. The van der Waals surface area contributed by atoms with Gasteiger partial charge in [0.2, 0.25) is 10.0 Å². The fourth-order valence-corrected chi connectivity index (χ4v) is 4.19. The molecule has 0 amide bonds. The van der Waals surface area contributed by atoms with Crippen LogP contribution in [-0.2, 0) is 10.0 Å². The van der Waals surface area contributed by atoms with Crippen molar-refractivity contribution in [2.45, 2.75) is 42.7 Å². The highest BCUT2D eigenvalue weighted by molar-refractivity contribution is 7.89. The van der Waals surface area contributed by atoms with Crippen LogP contribution in [0.4, 0.5) is 0 Å². The molecule has 3 rings (SSSR count). The third kappa shape index (κ3) is 3.10. The number of aliphatic hydroxyl groups excluding tert-OH is 1. The Kier molecular flexibility index (Phi) is 3.97. The Labute approximate surface area is 124 Å². The summed E-state index contributed by atoms with van der Waals surface area (Å²) >= 11 is 0. The Morgan fingerprint density at radius 1 is 1.00 bits per heavy atom. The average molecular weight is 305 g/mol. The summed E-state index contributed by atoms with van der Waals surface area (Å²) in [4.78, 5) is 0.249. The van der Waals surface area contributed by atoms with Gasteiger partial charge in [0.15, 0.2) is 0 Å². The summed E-state index contributed by atoms with van der Waals surface area (Å²) in [7, 11) is -3.59. The lowest BCUT2D eigenvalue weighted by molar-refractivity contribution is 0.101. The summed E-state index contributed by atoms with van der Waals surface area (Å²) in [6, 6.07) is 12.4. The molecule has 0 heterocycles. The molecule has 1 fully saturated rings. The van der Waals surface area contributed by atoms with Crippen molar-refractivity contribution in [3.63, 3.8) is 0 Å². The first-order valence-corrected chi connectivity index (χ1v) is 8.74. The highest BCUT2D eigenvalue weighted by Crippen LogP contribution is 2.22. The van der Waals surface area contributed by atoms with Crippen molar-refractivity contribution < 1.29 is 13.5 Å². The number of hydrogen-bond donors (Lipinski definition) is 2. The molecule has 2 aromatic carbocycles. The largest absolute Gasteiger partial charge is 0.391 e. The topological polar surface area (TPSA) is 66.4 Å². The number of hydrogen-bond acceptors (Lipinski definition) is 3. The van der Waals surface area contributed by atoms with Crippen LogP contribution in [0.3, 0.4) is 0 Å². The highest BCUT2D eigenvalue weighted by Gasteiger charge is 2.28. The summed E-state index contributed by atoms with van der Waals surface area (Å²) < 4.78 is 27.6. The van der Waals surface area contributed by atoms with Gasteiger partial charge in [0, 0.05) is 6.04 Å². The van der Waals surface area contributed by atoms with E-state index in [4.69, 9.17) is 0 Å². The fourth-order valence-electron chi connectivity index (χ4n) is 2.85. The van der Waals surface area contributed by atoms with Gasteiger partial charge >= 0.3 is 0 Å². The van der Waals surface area contributed by atoms with Gasteiger partial charge in [-0.25, -0.2) is 13.1 Å². The van der Waals surface area contributed by atoms with E-state index in [-0.39, 0.29) is 10.9 Å². The van der Waals surface area contributed by atoms with Crippen molar-refractivity contribution in [2.24, 2.45) is 0 Å². The van der Waals surface area contributed by atoms with Crippen LogP contribution in [0, 0.1) is 0 Å². The molecular formula is C16H19NO3S. The lowest BCUT2D eigenvalue weighted by Gasteiger charge is -2.28. The smallest absolute Gasteiger partial charge is 0.240 e. The van der Waals surface area contributed by atoms with E-state index in [0.717, 1.165) is 23.6 Å². The van der Waals surface area contributed by atoms with Crippen molar-refractivity contribution in [1.82, 2.24) is 4.72 Å². The van der Waals surface area contributed by atoms with Gasteiger partial charge in [-0.3, -0.25) is 0 Å². The second kappa shape index (κ2) is 5.75. The second-order valence-corrected chi connectivity index (χ2v) is 7.30. The van der Waals surface area contributed by atoms with E-state index in [1.165, 1.54) is 0 Å². The first-order chi connectivity index (χ1) is 10.1. The third-order valence-electron chi connectivity index (χ3n) is 4.07. The summed E-state index contributed by atoms with van der Waals surface area (Å²) in [5.74, 6) is 0. The number of benzene rings is 2. The summed E-state index contributed by atoms with van der Waals surface area (Å²) in [6.45, 7) is 0. The van der Waals surface area contributed by atoms with Crippen molar-refractivity contribution in [2.75, 3.05) is 0 Å². The van der Waals surface area contributed by atoms with Crippen LogP contribution in [0.1, 0.15) is 25.7 Å². The quantitative estimate of drug-likeness (QED) is 0.915. The van der Waals surface area contributed by atoms with E-state index in [0.29, 0.717) is 12.8 Å².